The fraction of sp³-hybridized carbons (Fsp3) is 0.0909. The van der Waals surface area contributed by atoms with Crippen LogP contribution in [0, 0.1) is 0 Å². The largest absolute Gasteiger partial charge is 0.360 e. The summed E-state index contributed by atoms with van der Waals surface area (Å²) in [5.41, 5.74) is 3.51. The number of para-hydroxylation sites is 1. The first-order valence-corrected chi connectivity index (χ1v) is 8.61. The molecule has 0 fully saturated rings. The molecule has 0 saturated carbocycles. The van der Waals surface area contributed by atoms with E-state index in [0.29, 0.717) is 12.1 Å². The second-order valence-corrected chi connectivity index (χ2v) is 6.16. The van der Waals surface area contributed by atoms with Gasteiger partial charge in [-0.25, -0.2) is 0 Å². The lowest BCUT2D eigenvalue weighted by molar-refractivity contribution is 0.0943. The first-order valence-electron chi connectivity index (χ1n) is 8.61. The number of H-pyrrole nitrogens is 1. The second-order valence-electron chi connectivity index (χ2n) is 6.16. The lowest BCUT2D eigenvalue weighted by atomic mass is 9.97. The summed E-state index contributed by atoms with van der Waals surface area (Å²) in [5, 5.41) is 4.32. The number of nitrogens with zero attached hydrogens (tertiary/aromatic N) is 1. The number of fused-ring (bicyclic) bond motifs is 1. The normalized spacial score (nSPS) is 12.2. The maximum absolute atomic E-state index is 13.3. The quantitative estimate of drug-likeness (QED) is 0.515. The van der Waals surface area contributed by atoms with Crippen molar-refractivity contribution in [3.63, 3.8) is 0 Å². The fourth-order valence-electron chi connectivity index (χ4n) is 3.15. The minimum atomic E-state index is -0.433. The van der Waals surface area contributed by atoms with Crippen LogP contribution in [-0.4, -0.2) is 15.8 Å². The van der Waals surface area contributed by atoms with Crippen LogP contribution in [0.1, 0.15) is 27.7 Å². The molecule has 1 atom stereocenters. The average Bonchev–Trinajstić information content (AvgIpc) is 3.14. The molecular weight excluding hydrogens is 322 g/mol. The first-order chi connectivity index (χ1) is 12.8. The zero-order chi connectivity index (χ0) is 17.8. The highest BCUT2D eigenvalue weighted by Crippen LogP contribution is 2.25. The summed E-state index contributed by atoms with van der Waals surface area (Å²) in [6.07, 6.45) is 3.56. The number of benzene rings is 2. The van der Waals surface area contributed by atoms with Crippen LogP contribution in [0.2, 0.25) is 0 Å². The van der Waals surface area contributed by atoms with Crippen molar-refractivity contribution in [3.8, 4) is 0 Å². The lowest BCUT2D eigenvalue weighted by Crippen LogP contribution is -2.28. The number of rotatable bonds is 6. The topological polar surface area (TPSA) is 57.8 Å². The molecule has 0 amide bonds. The lowest BCUT2D eigenvalue weighted by Gasteiger charge is -2.18. The van der Waals surface area contributed by atoms with Gasteiger partial charge in [0.2, 0.25) is 0 Å². The number of Topliss-reactive ketones (excluding diaryl/α,β-unsaturated/α-hetero) is 1. The van der Waals surface area contributed by atoms with Gasteiger partial charge in [0.15, 0.2) is 5.78 Å². The van der Waals surface area contributed by atoms with Crippen LogP contribution in [0.15, 0.2) is 85.2 Å². The van der Waals surface area contributed by atoms with Crippen molar-refractivity contribution in [2.45, 2.75) is 12.6 Å². The number of aromatic nitrogens is 2. The van der Waals surface area contributed by atoms with E-state index in [-0.39, 0.29) is 5.78 Å². The van der Waals surface area contributed by atoms with Crippen LogP contribution in [-0.2, 0) is 6.54 Å². The average molecular weight is 341 g/mol. The highest BCUT2D eigenvalue weighted by Gasteiger charge is 2.24. The molecule has 0 aliphatic rings. The van der Waals surface area contributed by atoms with Gasteiger partial charge >= 0.3 is 0 Å². The third-order valence-corrected chi connectivity index (χ3v) is 4.46. The maximum atomic E-state index is 13.3. The van der Waals surface area contributed by atoms with E-state index in [4.69, 9.17) is 0 Å². The minimum absolute atomic E-state index is 0.0459. The fourth-order valence-corrected chi connectivity index (χ4v) is 3.15. The molecule has 4 heteroatoms. The summed E-state index contributed by atoms with van der Waals surface area (Å²) >= 11 is 0. The van der Waals surface area contributed by atoms with Gasteiger partial charge in [0.25, 0.3) is 0 Å². The Bertz CT molecular complexity index is 1010. The monoisotopic (exact) mass is 341 g/mol. The molecule has 2 aromatic heterocycles. The highest BCUT2D eigenvalue weighted by molar-refractivity contribution is 6.10. The van der Waals surface area contributed by atoms with E-state index >= 15 is 0 Å². The Kier molecular flexibility index (Phi) is 4.58. The van der Waals surface area contributed by atoms with Gasteiger partial charge in [0.1, 0.15) is 0 Å². The van der Waals surface area contributed by atoms with E-state index < -0.39 is 6.04 Å². The molecular formula is C22H19N3O. The van der Waals surface area contributed by atoms with Gasteiger partial charge in [-0.1, -0.05) is 54.6 Å². The number of ketones is 1. The molecule has 2 N–H and O–H groups in total. The molecule has 0 saturated heterocycles. The Hall–Kier alpha value is -3.24. The van der Waals surface area contributed by atoms with Crippen molar-refractivity contribution in [2.75, 3.05) is 0 Å². The molecule has 0 aliphatic heterocycles. The third-order valence-electron chi connectivity index (χ3n) is 4.46. The molecule has 2 aromatic carbocycles. The van der Waals surface area contributed by atoms with E-state index in [1.54, 1.807) is 12.4 Å². The van der Waals surface area contributed by atoms with Crippen LogP contribution in [0.4, 0.5) is 0 Å². The van der Waals surface area contributed by atoms with Crippen molar-refractivity contribution in [1.29, 1.82) is 0 Å². The van der Waals surface area contributed by atoms with E-state index in [1.807, 2.05) is 72.8 Å². The predicted molar refractivity (Wildman–Crippen MR) is 103 cm³/mol. The number of carbonyl (C=O) groups excluding carboxylic acids is 1. The Labute approximate surface area is 151 Å². The van der Waals surface area contributed by atoms with Gasteiger partial charge in [-0.05, 0) is 23.8 Å². The minimum Gasteiger partial charge on any atom is -0.360 e. The molecule has 0 bridgehead atoms. The zero-order valence-electron chi connectivity index (χ0n) is 14.2. The highest BCUT2D eigenvalue weighted by atomic mass is 16.1. The Morgan fingerprint density at radius 1 is 0.962 bits per heavy atom. The van der Waals surface area contributed by atoms with Crippen molar-refractivity contribution < 1.29 is 4.79 Å². The summed E-state index contributed by atoms with van der Waals surface area (Å²) in [6, 6.07) is 23.0. The number of aromatic amines is 1. The number of nitrogens with one attached hydrogen (secondary N) is 2. The van der Waals surface area contributed by atoms with Gasteiger partial charge in [-0.15, -0.1) is 0 Å². The number of hydrogen-bond donors (Lipinski definition) is 2. The molecule has 2 heterocycles. The number of pyridine rings is 1. The van der Waals surface area contributed by atoms with Gasteiger partial charge in [0, 0.05) is 35.4 Å². The number of hydrogen-bond acceptors (Lipinski definition) is 3. The van der Waals surface area contributed by atoms with Gasteiger partial charge in [0.05, 0.1) is 11.7 Å². The summed E-state index contributed by atoms with van der Waals surface area (Å²) in [4.78, 5) is 20.9. The second kappa shape index (κ2) is 7.33. The van der Waals surface area contributed by atoms with Crippen LogP contribution in [0.25, 0.3) is 10.9 Å². The van der Waals surface area contributed by atoms with Gasteiger partial charge < -0.3 is 4.98 Å². The smallest absolute Gasteiger partial charge is 0.186 e. The summed E-state index contributed by atoms with van der Waals surface area (Å²) in [7, 11) is 0. The molecule has 4 aromatic rings. The summed E-state index contributed by atoms with van der Waals surface area (Å²) in [5.74, 6) is 0.0459. The standard InChI is InChI=1S/C22H19N3O/c26-22(19-15-24-20-12-5-4-11-18(19)20)21(16-8-2-1-3-9-16)25-14-17-10-6-7-13-23-17/h1-13,15,21,24-25H,14H2/t21-/m1/s1. The van der Waals surface area contributed by atoms with Crippen molar-refractivity contribution in [2.24, 2.45) is 0 Å². The number of carbonyl (C=O) groups is 1. The molecule has 26 heavy (non-hydrogen) atoms. The van der Waals surface area contributed by atoms with Crippen molar-refractivity contribution in [3.05, 3.63) is 102 Å². The van der Waals surface area contributed by atoms with Crippen LogP contribution >= 0.6 is 0 Å². The van der Waals surface area contributed by atoms with Crippen LogP contribution in [0.5, 0.6) is 0 Å². The predicted octanol–water partition coefficient (Wildman–Crippen LogP) is 4.28. The Morgan fingerprint density at radius 2 is 1.73 bits per heavy atom. The van der Waals surface area contributed by atoms with Crippen molar-refractivity contribution >= 4 is 16.7 Å². The van der Waals surface area contributed by atoms with Gasteiger partial charge in [-0.2, -0.15) is 0 Å². The van der Waals surface area contributed by atoms with Crippen LogP contribution < -0.4 is 5.32 Å². The summed E-state index contributed by atoms with van der Waals surface area (Å²) < 4.78 is 0. The molecule has 0 unspecified atom stereocenters. The SMILES string of the molecule is O=C(c1c[nH]c2ccccc12)[C@H](NCc1ccccn1)c1ccccc1. The molecule has 0 aliphatic carbocycles. The van der Waals surface area contributed by atoms with Crippen LogP contribution in [0.3, 0.4) is 0 Å². The molecule has 0 radical (unpaired) electrons. The van der Waals surface area contributed by atoms with E-state index in [2.05, 4.69) is 15.3 Å². The van der Waals surface area contributed by atoms with E-state index in [1.165, 1.54) is 0 Å². The Morgan fingerprint density at radius 3 is 2.54 bits per heavy atom. The van der Waals surface area contributed by atoms with Gasteiger partial charge in [-0.3, -0.25) is 15.1 Å². The summed E-state index contributed by atoms with van der Waals surface area (Å²) in [6.45, 7) is 0.522. The maximum Gasteiger partial charge on any atom is 0.186 e. The molecule has 4 rings (SSSR count). The van der Waals surface area contributed by atoms with E-state index in [0.717, 1.165) is 22.2 Å². The van der Waals surface area contributed by atoms with E-state index in [9.17, 15) is 4.79 Å². The third kappa shape index (κ3) is 3.27. The molecule has 128 valence electrons. The zero-order valence-corrected chi connectivity index (χ0v) is 14.2. The molecule has 0 spiro atoms. The Balaban J connectivity index is 1.67. The molecule has 4 nitrogen and oxygen atoms in total. The first kappa shape index (κ1) is 16.2. The van der Waals surface area contributed by atoms with Crippen molar-refractivity contribution in [1.82, 2.24) is 15.3 Å².